The number of benzene rings is 3. The van der Waals surface area contributed by atoms with Crippen LogP contribution in [0.4, 0.5) is 0 Å². The minimum absolute atomic E-state index is 1.25. The van der Waals surface area contributed by atoms with Gasteiger partial charge in [0.05, 0.1) is 0 Å². The lowest BCUT2D eigenvalue weighted by Crippen LogP contribution is -1.85. The van der Waals surface area contributed by atoms with Crippen LogP contribution in [0.25, 0.3) is 20.9 Å². The second kappa shape index (κ2) is 6.76. The van der Waals surface area contributed by atoms with Crippen LogP contribution in [0.5, 0.6) is 0 Å². The van der Waals surface area contributed by atoms with E-state index in [0.29, 0.717) is 0 Å². The molecule has 0 nitrogen and oxygen atoms in total. The van der Waals surface area contributed by atoms with Crippen molar-refractivity contribution in [3.05, 3.63) is 106 Å². The molecule has 0 aliphatic heterocycles. The number of rotatable bonds is 2. The molecule has 0 bridgehead atoms. The SMILES string of the molecule is Brc1cc2ccc1=2.c1ccc(-c2ccc(-c3ccccc3)s2)cc1. The summed E-state index contributed by atoms with van der Waals surface area (Å²) in [6.45, 7) is 0. The van der Waals surface area contributed by atoms with E-state index in [1.54, 1.807) is 0 Å². The highest BCUT2D eigenvalue weighted by Gasteiger charge is 2.03. The van der Waals surface area contributed by atoms with E-state index < -0.39 is 0 Å². The zero-order valence-corrected chi connectivity index (χ0v) is 15.3. The maximum absolute atomic E-state index is 3.37. The van der Waals surface area contributed by atoms with Gasteiger partial charge in [0.25, 0.3) is 0 Å². The van der Waals surface area contributed by atoms with Crippen LogP contribution >= 0.6 is 27.3 Å². The molecule has 0 radical (unpaired) electrons. The Morgan fingerprint density at radius 2 is 1.12 bits per heavy atom. The van der Waals surface area contributed by atoms with Gasteiger partial charge in [-0.1, -0.05) is 88.7 Å². The minimum Gasteiger partial charge on any atom is -0.135 e. The van der Waals surface area contributed by atoms with Crippen molar-refractivity contribution in [2.24, 2.45) is 0 Å². The number of halogens is 1. The normalized spacial score (nSPS) is 10.7. The Morgan fingerprint density at radius 3 is 1.42 bits per heavy atom. The molecule has 0 saturated carbocycles. The largest absolute Gasteiger partial charge is 0.135 e. The summed E-state index contributed by atoms with van der Waals surface area (Å²) in [7, 11) is 0. The zero-order chi connectivity index (χ0) is 16.4. The Labute approximate surface area is 153 Å². The van der Waals surface area contributed by atoms with Gasteiger partial charge >= 0.3 is 0 Å². The molecule has 3 aromatic rings. The molecule has 2 aliphatic rings. The lowest BCUT2D eigenvalue weighted by molar-refractivity contribution is 1.34. The Kier molecular flexibility index (Phi) is 4.33. The summed E-state index contributed by atoms with van der Waals surface area (Å²) in [6, 6.07) is 31.8. The first-order chi connectivity index (χ1) is 11.8. The summed E-state index contributed by atoms with van der Waals surface area (Å²) < 4.78 is 1.25. The van der Waals surface area contributed by atoms with Crippen LogP contribution < -0.4 is 0 Å². The first-order valence-corrected chi connectivity index (χ1v) is 9.43. The van der Waals surface area contributed by atoms with Crippen molar-refractivity contribution in [1.82, 2.24) is 0 Å². The third-order valence-electron chi connectivity index (χ3n) is 4.00. The predicted octanol–water partition coefficient (Wildman–Crippen LogP) is 7.13. The van der Waals surface area contributed by atoms with Gasteiger partial charge in [0, 0.05) is 14.2 Å². The van der Waals surface area contributed by atoms with Gasteiger partial charge in [-0.2, -0.15) is 0 Å². The number of hydrogen-bond acceptors (Lipinski definition) is 1. The average Bonchev–Trinajstić information content (AvgIpc) is 3.12. The van der Waals surface area contributed by atoms with Crippen molar-refractivity contribution in [3.8, 4) is 20.9 Å². The Balaban J connectivity index is 0.000000172. The molecule has 2 aromatic carbocycles. The first-order valence-electron chi connectivity index (χ1n) is 7.82. The molecule has 24 heavy (non-hydrogen) atoms. The quantitative estimate of drug-likeness (QED) is 0.300. The van der Waals surface area contributed by atoms with Gasteiger partial charge in [0.2, 0.25) is 0 Å². The van der Waals surface area contributed by atoms with E-state index in [1.165, 1.54) is 35.8 Å². The summed E-state index contributed by atoms with van der Waals surface area (Å²) in [6.07, 6.45) is 0. The average molecular weight is 391 g/mol. The van der Waals surface area contributed by atoms with Gasteiger partial charge in [-0.25, -0.2) is 0 Å². The van der Waals surface area contributed by atoms with Gasteiger partial charge in [-0.3, -0.25) is 0 Å². The molecule has 0 N–H and O–H groups in total. The molecule has 0 saturated heterocycles. The van der Waals surface area contributed by atoms with Crippen molar-refractivity contribution in [2.75, 3.05) is 0 Å². The van der Waals surface area contributed by atoms with Crippen LogP contribution in [0.1, 0.15) is 0 Å². The summed E-state index contributed by atoms with van der Waals surface area (Å²) in [5.41, 5.74) is 2.58. The summed E-state index contributed by atoms with van der Waals surface area (Å²) in [5.74, 6) is 0. The van der Waals surface area contributed by atoms with Gasteiger partial charge in [0.15, 0.2) is 0 Å². The lowest BCUT2D eigenvalue weighted by Gasteiger charge is -2.02. The van der Waals surface area contributed by atoms with E-state index in [-0.39, 0.29) is 0 Å². The Bertz CT molecular complexity index is 996. The minimum atomic E-state index is 1.25. The summed E-state index contributed by atoms with van der Waals surface area (Å²) >= 11 is 5.21. The fourth-order valence-corrected chi connectivity index (χ4v) is 4.22. The molecule has 116 valence electrons. The molecule has 1 aromatic heterocycles. The molecule has 0 atom stereocenters. The Hall–Kier alpha value is -2.16. The van der Waals surface area contributed by atoms with Crippen LogP contribution in [-0.4, -0.2) is 0 Å². The highest BCUT2D eigenvalue weighted by molar-refractivity contribution is 9.10. The molecule has 0 fully saturated rings. The van der Waals surface area contributed by atoms with Crippen LogP contribution in [-0.2, 0) is 0 Å². The highest BCUT2D eigenvalue weighted by atomic mass is 79.9. The van der Waals surface area contributed by atoms with E-state index in [1.807, 2.05) is 11.3 Å². The maximum atomic E-state index is 3.37. The van der Waals surface area contributed by atoms with Gasteiger partial charge in [0.1, 0.15) is 0 Å². The van der Waals surface area contributed by atoms with Crippen LogP contribution in [0.3, 0.4) is 0 Å². The fourth-order valence-electron chi connectivity index (χ4n) is 2.60. The third-order valence-corrected chi connectivity index (χ3v) is 5.84. The van der Waals surface area contributed by atoms with Crippen LogP contribution in [0.2, 0.25) is 0 Å². The second-order valence-electron chi connectivity index (χ2n) is 5.59. The number of thiophene rings is 1. The molecule has 1 heterocycles. The van der Waals surface area contributed by atoms with Crippen LogP contribution in [0, 0.1) is 10.4 Å². The van der Waals surface area contributed by atoms with Crippen molar-refractivity contribution in [1.29, 1.82) is 0 Å². The Morgan fingerprint density at radius 1 is 0.583 bits per heavy atom. The maximum Gasteiger partial charge on any atom is 0.0349 e. The van der Waals surface area contributed by atoms with E-state index in [4.69, 9.17) is 0 Å². The molecule has 0 amide bonds. The van der Waals surface area contributed by atoms with Crippen molar-refractivity contribution in [3.63, 3.8) is 0 Å². The molecular weight excluding hydrogens is 376 g/mol. The molecule has 0 spiro atoms. The van der Waals surface area contributed by atoms with E-state index >= 15 is 0 Å². The molecule has 5 rings (SSSR count). The lowest BCUT2D eigenvalue weighted by atomic mass is 10.1. The van der Waals surface area contributed by atoms with E-state index in [9.17, 15) is 0 Å². The number of hydrogen-bond donors (Lipinski definition) is 0. The monoisotopic (exact) mass is 390 g/mol. The summed E-state index contributed by atoms with van der Waals surface area (Å²) in [5, 5.41) is 2.78. The highest BCUT2D eigenvalue weighted by Crippen LogP contribution is 2.33. The van der Waals surface area contributed by atoms with E-state index in [2.05, 4.69) is 107 Å². The first kappa shape index (κ1) is 15.4. The smallest absolute Gasteiger partial charge is 0.0349 e. The summed E-state index contributed by atoms with van der Waals surface area (Å²) in [4.78, 5) is 2.65. The third kappa shape index (κ3) is 3.08. The zero-order valence-electron chi connectivity index (χ0n) is 12.9. The van der Waals surface area contributed by atoms with Gasteiger partial charge in [-0.15, -0.1) is 11.3 Å². The van der Waals surface area contributed by atoms with Crippen molar-refractivity contribution >= 4 is 27.3 Å². The van der Waals surface area contributed by atoms with Crippen molar-refractivity contribution < 1.29 is 0 Å². The predicted molar refractivity (Wildman–Crippen MR) is 107 cm³/mol. The fraction of sp³-hybridized carbons (Fsp3) is 0. The van der Waals surface area contributed by atoms with Crippen molar-refractivity contribution in [2.45, 2.75) is 0 Å². The standard InChI is InChI=1S/C16H12S.C6H3Br/c1-3-7-13(8-4-1)15-11-12-16(17-15)14-9-5-2-6-10-14;7-6-3-4-1-2-5(4)6/h1-12H;1-3H. The molecular formula is C22H15BrS. The topological polar surface area (TPSA) is 0 Å². The molecule has 2 aliphatic carbocycles. The molecule has 2 heteroatoms. The van der Waals surface area contributed by atoms with Gasteiger partial charge < -0.3 is 0 Å². The molecule has 0 unspecified atom stereocenters. The van der Waals surface area contributed by atoms with E-state index in [0.717, 1.165) is 0 Å². The second-order valence-corrected chi connectivity index (χ2v) is 7.53. The van der Waals surface area contributed by atoms with Crippen LogP contribution in [0.15, 0.2) is 95.5 Å². The van der Waals surface area contributed by atoms with Gasteiger partial charge in [-0.05, 0) is 39.8 Å².